The number of hydrogen-bond acceptors (Lipinski definition) is 4. The Hall–Kier alpha value is -3.31. The predicted molar refractivity (Wildman–Crippen MR) is 107 cm³/mol. The molecule has 0 N–H and O–H groups in total. The minimum Gasteiger partial charge on any atom is -0.493 e. The van der Waals surface area contributed by atoms with Gasteiger partial charge in [-0.15, -0.1) is 0 Å². The number of carbonyl (C=O) groups excluding carboxylic acids is 2. The van der Waals surface area contributed by atoms with Crippen LogP contribution in [-0.2, 0) is 0 Å². The van der Waals surface area contributed by atoms with E-state index in [4.69, 9.17) is 21.1 Å². The van der Waals surface area contributed by atoms with Crippen LogP contribution in [0.3, 0.4) is 0 Å². The van der Waals surface area contributed by atoms with Crippen LogP contribution in [0.5, 0.6) is 17.2 Å². The monoisotopic (exact) mass is 393 g/mol. The lowest BCUT2D eigenvalue weighted by Crippen LogP contribution is -2.30. The molecule has 0 saturated heterocycles. The summed E-state index contributed by atoms with van der Waals surface area (Å²) in [6.45, 7) is 1.82. The van der Waals surface area contributed by atoms with Crippen LogP contribution >= 0.6 is 11.6 Å². The van der Waals surface area contributed by atoms with E-state index in [2.05, 4.69) is 0 Å². The predicted octanol–water partition coefficient (Wildman–Crippen LogP) is 5.25. The topological polar surface area (TPSA) is 55.8 Å². The minimum atomic E-state index is -0.407. The van der Waals surface area contributed by atoms with E-state index < -0.39 is 5.91 Å². The van der Waals surface area contributed by atoms with Gasteiger partial charge in [-0.2, -0.15) is 0 Å². The number of imide groups is 1. The number of nitrogens with zero attached hydrogens (tertiary/aromatic N) is 1. The Balaban J connectivity index is 1.71. The first-order valence-electron chi connectivity index (χ1n) is 8.59. The van der Waals surface area contributed by atoms with Gasteiger partial charge in [0.15, 0.2) is 11.5 Å². The van der Waals surface area contributed by atoms with Crippen LogP contribution in [0.2, 0.25) is 5.02 Å². The van der Waals surface area contributed by atoms with Crippen LogP contribution in [0.1, 0.15) is 26.3 Å². The first kappa shape index (κ1) is 18.1. The number of hydrogen-bond donors (Lipinski definition) is 0. The highest BCUT2D eigenvalue weighted by Crippen LogP contribution is 2.36. The van der Waals surface area contributed by atoms with Gasteiger partial charge in [-0.25, -0.2) is 4.90 Å². The summed E-state index contributed by atoms with van der Waals surface area (Å²) in [5.41, 5.74) is 1.88. The number of methoxy groups -OCH3 is 1. The number of rotatable bonds is 4. The minimum absolute atomic E-state index is 0.289. The van der Waals surface area contributed by atoms with E-state index in [1.165, 1.54) is 0 Å². The maximum Gasteiger partial charge on any atom is 0.266 e. The maximum atomic E-state index is 13.0. The Morgan fingerprint density at radius 3 is 2.32 bits per heavy atom. The van der Waals surface area contributed by atoms with Gasteiger partial charge in [0.25, 0.3) is 11.8 Å². The molecule has 140 valence electrons. The summed E-state index contributed by atoms with van der Waals surface area (Å²) in [5, 5.41) is 0.456. The van der Waals surface area contributed by atoms with Gasteiger partial charge in [0, 0.05) is 5.02 Å². The molecule has 5 nitrogen and oxygen atoms in total. The van der Waals surface area contributed by atoms with Crippen LogP contribution < -0.4 is 14.4 Å². The largest absolute Gasteiger partial charge is 0.493 e. The third-order valence-corrected chi connectivity index (χ3v) is 4.80. The Bertz CT molecular complexity index is 1110. The first-order valence-corrected chi connectivity index (χ1v) is 8.97. The lowest BCUT2D eigenvalue weighted by Gasteiger charge is -2.16. The third kappa shape index (κ3) is 3.00. The van der Waals surface area contributed by atoms with Crippen molar-refractivity contribution >= 4 is 29.1 Å². The molecule has 0 spiro atoms. The van der Waals surface area contributed by atoms with Crippen molar-refractivity contribution in [1.29, 1.82) is 0 Å². The van der Waals surface area contributed by atoms with Crippen LogP contribution in [0.25, 0.3) is 0 Å². The lowest BCUT2D eigenvalue weighted by molar-refractivity contribution is 0.0926. The molecule has 4 rings (SSSR count). The quantitative estimate of drug-likeness (QED) is 0.568. The number of amides is 2. The van der Waals surface area contributed by atoms with Gasteiger partial charge in [-0.3, -0.25) is 9.59 Å². The van der Waals surface area contributed by atoms with Gasteiger partial charge in [0.2, 0.25) is 0 Å². The summed E-state index contributed by atoms with van der Waals surface area (Å²) in [5.74, 6) is 0.741. The van der Waals surface area contributed by atoms with Crippen LogP contribution in [-0.4, -0.2) is 18.9 Å². The van der Waals surface area contributed by atoms with Crippen molar-refractivity contribution in [1.82, 2.24) is 0 Å². The number of aryl methyl sites for hydroxylation is 1. The Kier molecular flexibility index (Phi) is 4.53. The van der Waals surface area contributed by atoms with E-state index in [1.807, 2.05) is 19.1 Å². The second-order valence-corrected chi connectivity index (χ2v) is 6.77. The molecule has 0 radical (unpaired) electrons. The van der Waals surface area contributed by atoms with E-state index >= 15 is 0 Å². The average molecular weight is 394 g/mol. The van der Waals surface area contributed by atoms with E-state index in [0.717, 1.165) is 10.5 Å². The molecule has 6 heteroatoms. The molecule has 0 unspecified atom stereocenters. The van der Waals surface area contributed by atoms with Crippen molar-refractivity contribution in [3.8, 4) is 17.2 Å². The molecular formula is C22H16ClNO4. The molecule has 1 aliphatic rings. The fraction of sp³-hybridized carbons (Fsp3) is 0.0909. The summed E-state index contributed by atoms with van der Waals surface area (Å²) in [6, 6.07) is 17.1. The molecule has 1 aliphatic heterocycles. The zero-order valence-corrected chi connectivity index (χ0v) is 16.0. The molecule has 28 heavy (non-hydrogen) atoms. The number of ether oxygens (including phenoxy) is 2. The highest BCUT2D eigenvalue weighted by molar-refractivity contribution is 6.35. The van der Waals surface area contributed by atoms with Gasteiger partial charge in [-0.1, -0.05) is 29.8 Å². The summed E-state index contributed by atoms with van der Waals surface area (Å²) in [6.07, 6.45) is 0. The molecule has 3 aromatic carbocycles. The van der Waals surface area contributed by atoms with Gasteiger partial charge in [0.1, 0.15) is 5.75 Å². The number of anilines is 1. The normalized spacial score (nSPS) is 12.9. The number of para-hydroxylation sites is 2. The standard InChI is InChI=1S/C22H16ClNO4/c1-13-7-8-14(23)11-18(13)24-21(25)16-10-9-15(12-17(16)22(24)26)28-20-6-4-3-5-19(20)27-2/h3-12H,1-2H3. The molecule has 1 heterocycles. The molecule has 0 fully saturated rings. The Morgan fingerprint density at radius 1 is 0.857 bits per heavy atom. The molecular weight excluding hydrogens is 378 g/mol. The molecule has 0 aromatic heterocycles. The summed E-state index contributed by atoms with van der Waals surface area (Å²) < 4.78 is 11.1. The maximum absolute atomic E-state index is 13.0. The average Bonchev–Trinajstić information content (AvgIpc) is 2.94. The Morgan fingerprint density at radius 2 is 1.57 bits per heavy atom. The van der Waals surface area contributed by atoms with Crippen molar-refractivity contribution in [3.05, 3.63) is 82.4 Å². The fourth-order valence-electron chi connectivity index (χ4n) is 3.16. The van der Waals surface area contributed by atoms with E-state index in [9.17, 15) is 9.59 Å². The zero-order chi connectivity index (χ0) is 19.8. The lowest BCUT2D eigenvalue weighted by atomic mass is 10.1. The van der Waals surface area contributed by atoms with Crippen molar-refractivity contribution < 1.29 is 19.1 Å². The van der Waals surface area contributed by atoms with E-state index in [-0.39, 0.29) is 11.5 Å². The number of carbonyl (C=O) groups is 2. The van der Waals surface area contributed by atoms with Crippen LogP contribution in [0.4, 0.5) is 5.69 Å². The number of fused-ring (bicyclic) bond motifs is 1. The number of benzene rings is 3. The highest BCUT2D eigenvalue weighted by Gasteiger charge is 2.37. The van der Waals surface area contributed by atoms with E-state index in [0.29, 0.717) is 33.5 Å². The van der Waals surface area contributed by atoms with Crippen molar-refractivity contribution in [2.24, 2.45) is 0 Å². The SMILES string of the molecule is COc1ccccc1Oc1ccc2c(c1)C(=O)N(c1cc(Cl)ccc1C)C2=O. The van der Waals surface area contributed by atoms with Crippen molar-refractivity contribution in [3.63, 3.8) is 0 Å². The van der Waals surface area contributed by atoms with Crippen molar-refractivity contribution in [2.75, 3.05) is 12.0 Å². The molecule has 2 amide bonds. The highest BCUT2D eigenvalue weighted by atomic mass is 35.5. The van der Waals surface area contributed by atoms with Crippen LogP contribution in [0, 0.1) is 6.92 Å². The molecule has 3 aromatic rings. The molecule has 0 bridgehead atoms. The summed E-state index contributed by atoms with van der Waals surface area (Å²) >= 11 is 6.06. The Labute approximate surface area is 167 Å². The second-order valence-electron chi connectivity index (χ2n) is 6.34. The summed E-state index contributed by atoms with van der Waals surface area (Å²) in [7, 11) is 1.55. The van der Waals surface area contributed by atoms with Crippen molar-refractivity contribution in [2.45, 2.75) is 6.92 Å². The van der Waals surface area contributed by atoms with Crippen LogP contribution in [0.15, 0.2) is 60.7 Å². The fourth-order valence-corrected chi connectivity index (χ4v) is 3.32. The van der Waals surface area contributed by atoms with Gasteiger partial charge < -0.3 is 9.47 Å². The molecule has 0 atom stereocenters. The zero-order valence-electron chi connectivity index (χ0n) is 15.2. The third-order valence-electron chi connectivity index (χ3n) is 4.57. The number of halogens is 1. The smallest absolute Gasteiger partial charge is 0.266 e. The second kappa shape index (κ2) is 7.02. The van der Waals surface area contributed by atoms with Gasteiger partial charge in [-0.05, 0) is 55.0 Å². The van der Waals surface area contributed by atoms with Gasteiger partial charge in [0.05, 0.1) is 23.9 Å². The summed E-state index contributed by atoms with van der Waals surface area (Å²) in [4.78, 5) is 27.0. The van der Waals surface area contributed by atoms with E-state index in [1.54, 1.807) is 55.6 Å². The molecule has 0 aliphatic carbocycles. The molecule has 0 saturated carbocycles. The van der Waals surface area contributed by atoms with Gasteiger partial charge >= 0.3 is 0 Å². The first-order chi connectivity index (χ1) is 13.5.